The molecule has 0 saturated carbocycles. The zero-order valence-corrected chi connectivity index (χ0v) is 21.4. The number of pyridine rings is 2. The maximum Gasteiger partial charge on any atom is 0.205 e. The van der Waals surface area contributed by atoms with Crippen LogP contribution in [0.15, 0.2) is 103 Å². The molecule has 6 nitrogen and oxygen atoms in total. The van der Waals surface area contributed by atoms with Gasteiger partial charge < -0.3 is 10.2 Å². The zero-order chi connectivity index (χ0) is 27.6. The molecule has 0 bridgehead atoms. The molecule has 0 saturated heterocycles. The number of aliphatic hydroxyl groups excluding tert-OH is 2. The number of Topliss-reactive ketones (excluding diaryl/α,β-unsaturated/α-hetero) is 1. The van der Waals surface area contributed by atoms with Crippen molar-refractivity contribution in [2.45, 2.75) is 13.2 Å². The summed E-state index contributed by atoms with van der Waals surface area (Å²) in [5.74, 6) is -0.284. The predicted octanol–water partition coefficient (Wildman–Crippen LogP) is 6.45. The van der Waals surface area contributed by atoms with Gasteiger partial charge in [-0.15, -0.1) is 0 Å². The Morgan fingerprint density at radius 2 is 1.18 bits per heavy atom. The van der Waals surface area contributed by atoms with Crippen molar-refractivity contribution in [2.24, 2.45) is 0 Å². The molecule has 3 aromatic carbocycles. The van der Waals surface area contributed by atoms with Crippen LogP contribution in [0.25, 0.3) is 49.8 Å². The van der Waals surface area contributed by atoms with Crippen LogP contribution in [0, 0.1) is 6.57 Å². The van der Waals surface area contributed by atoms with Crippen LogP contribution in [-0.4, -0.2) is 26.0 Å². The molecule has 0 atom stereocenters. The van der Waals surface area contributed by atoms with Crippen LogP contribution in [0.2, 0.25) is 0 Å². The van der Waals surface area contributed by atoms with E-state index in [0.29, 0.717) is 33.7 Å². The van der Waals surface area contributed by atoms with Gasteiger partial charge in [0.25, 0.3) is 0 Å². The van der Waals surface area contributed by atoms with Crippen LogP contribution in [0.1, 0.15) is 32.6 Å². The first-order chi connectivity index (χ1) is 19.6. The van der Waals surface area contributed by atoms with Crippen molar-refractivity contribution in [1.29, 1.82) is 0 Å². The smallest absolute Gasteiger partial charge is 0.205 e. The molecule has 5 aromatic rings. The van der Waals surface area contributed by atoms with Crippen LogP contribution in [0.4, 0.5) is 0 Å². The first-order valence-corrected chi connectivity index (χ1v) is 12.7. The van der Waals surface area contributed by atoms with Gasteiger partial charge in [0.15, 0.2) is 5.78 Å². The summed E-state index contributed by atoms with van der Waals surface area (Å²) in [5.41, 5.74) is 8.02. The van der Waals surface area contributed by atoms with Crippen molar-refractivity contribution in [2.75, 3.05) is 0 Å². The van der Waals surface area contributed by atoms with Crippen molar-refractivity contribution in [3.8, 4) is 33.6 Å². The van der Waals surface area contributed by atoms with Gasteiger partial charge in [-0.2, -0.15) is 0 Å². The second kappa shape index (κ2) is 10.5. The number of allylic oxidation sites excluding steroid dienone is 1. The second-order valence-electron chi connectivity index (χ2n) is 9.48. The number of carbonyl (C=O) groups is 1. The lowest BCUT2D eigenvalue weighted by atomic mass is 9.83. The van der Waals surface area contributed by atoms with E-state index in [1.54, 1.807) is 18.5 Å². The summed E-state index contributed by atoms with van der Waals surface area (Å²) < 4.78 is 0. The van der Waals surface area contributed by atoms with E-state index >= 15 is 0 Å². The lowest BCUT2D eigenvalue weighted by Gasteiger charge is -2.23. The topological polar surface area (TPSA) is 87.7 Å². The number of ketones is 1. The fourth-order valence-electron chi connectivity index (χ4n) is 4.94. The molecule has 1 aliphatic rings. The van der Waals surface area contributed by atoms with Crippen LogP contribution in [0.3, 0.4) is 0 Å². The number of aromatic nitrogens is 2. The molecule has 40 heavy (non-hydrogen) atoms. The average molecular weight is 522 g/mol. The van der Waals surface area contributed by atoms with Gasteiger partial charge >= 0.3 is 0 Å². The molecule has 0 aliphatic heterocycles. The third kappa shape index (κ3) is 4.40. The van der Waals surface area contributed by atoms with Crippen LogP contribution in [0.5, 0.6) is 0 Å². The number of carbonyl (C=O) groups excluding carboxylic acids is 1. The van der Waals surface area contributed by atoms with Crippen molar-refractivity contribution < 1.29 is 15.0 Å². The fraction of sp³-hybridized carbons (Fsp3) is 0.0588. The summed E-state index contributed by atoms with van der Waals surface area (Å²) in [6.45, 7) is 7.96. The Hall–Kier alpha value is -5.22. The molecule has 6 heteroatoms. The lowest BCUT2D eigenvalue weighted by molar-refractivity contribution is 0.105. The summed E-state index contributed by atoms with van der Waals surface area (Å²) in [6, 6.07) is 27.8. The van der Waals surface area contributed by atoms with Gasteiger partial charge in [0.05, 0.1) is 25.5 Å². The number of nitrogens with zero attached hydrogens (tertiary/aromatic N) is 3. The number of rotatable bonds is 5. The molecule has 0 radical (unpaired) electrons. The Bertz CT molecular complexity index is 1820. The van der Waals surface area contributed by atoms with Gasteiger partial charge in [-0.05, 0) is 39.9 Å². The molecular formula is C34H23N3O3. The monoisotopic (exact) mass is 521 g/mol. The molecule has 0 spiro atoms. The number of benzene rings is 3. The Morgan fingerprint density at radius 1 is 0.675 bits per heavy atom. The predicted molar refractivity (Wildman–Crippen MR) is 154 cm³/mol. The third-order valence-electron chi connectivity index (χ3n) is 7.08. The molecular weight excluding hydrogens is 498 g/mol. The number of hydrogen-bond acceptors (Lipinski definition) is 5. The first-order valence-electron chi connectivity index (χ1n) is 12.7. The van der Waals surface area contributed by atoms with E-state index in [0.717, 1.165) is 33.4 Å². The number of aliphatic hydroxyl groups is 2. The summed E-state index contributed by atoms with van der Waals surface area (Å²) in [7, 11) is 0. The summed E-state index contributed by atoms with van der Waals surface area (Å²) in [4.78, 5) is 27.5. The molecule has 2 N–H and O–H groups in total. The van der Waals surface area contributed by atoms with Crippen LogP contribution >= 0.6 is 0 Å². The van der Waals surface area contributed by atoms with E-state index < -0.39 is 0 Å². The van der Waals surface area contributed by atoms with E-state index in [4.69, 9.17) is 11.6 Å². The van der Waals surface area contributed by atoms with Gasteiger partial charge in [0, 0.05) is 40.2 Å². The maximum absolute atomic E-state index is 14.2. The summed E-state index contributed by atoms with van der Waals surface area (Å²) in [6.07, 6.45) is 3.46. The zero-order valence-electron chi connectivity index (χ0n) is 21.4. The van der Waals surface area contributed by atoms with Gasteiger partial charge in [-0.25, -0.2) is 4.85 Å². The number of fused-ring (bicyclic) bond motifs is 3. The van der Waals surface area contributed by atoms with E-state index in [9.17, 15) is 15.0 Å². The lowest BCUT2D eigenvalue weighted by Crippen LogP contribution is -2.16. The minimum absolute atomic E-state index is 0.0500. The summed E-state index contributed by atoms with van der Waals surface area (Å²) >= 11 is 0. The van der Waals surface area contributed by atoms with E-state index in [2.05, 4.69) is 9.83 Å². The molecule has 0 amide bonds. The Morgan fingerprint density at radius 3 is 1.68 bits per heavy atom. The minimum atomic E-state index is -0.284. The van der Waals surface area contributed by atoms with Crippen molar-refractivity contribution in [3.63, 3.8) is 0 Å². The quantitative estimate of drug-likeness (QED) is 0.205. The van der Waals surface area contributed by atoms with Gasteiger partial charge in [0.2, 0.25) is 5.70 Å². The van der Waals surface area contributed by atoms with Gasteiger partial charge in [-0.3, -0.25) is 14.8 Å². The maximum atomic E-state index is 14.2. The second-order valence-corrected chi connectivity index (χ2v) is 9.48. The van der Waals surface area contributed by atoms with E-state index in [1.807, 2.05) is 84.9 Å². The number of hydrogen-bond donors (Lipinski definition) is 2. The Labute approximate surface area is 231 Å². The van der Waals surface area contributed by atoms with E-state index in [-0.39, 0.29) is 24.7 Å². The first kappa shape index (κ1) is 25.1. The fourth-order valence-corrected chi connectivity index (χ4v) is 4.94. The van der Waals surface area contributed by atoms with E-state index in [1.165, 1.54) is 0 Å². The van der Waals surface area contributed by atoms with Gasteiger partial charge in [-0.1, -0.05) is 78.9 Å². The normalized spacial score (nSPS) is 13.3. The SMILES string of the molecule is [C-]#[N+]/C(=C1\C(=O)c2cc(-c3ccc(CO)cc3)cnc2-c2ncc(-c3ccc(CO)cc3)cc21)c1ccccc1. The highest BCUT2D eigenvalue weighted by Gasteiger charge is 2.33. The third-order valence-corrected chi connectivity index (χ3v) is 7.08. The van der Waals surface area contributed by atoms with Crippen LogP contribution in [-0.2, 0) is 13.2 Å². The average Bonchev–Trinajstić information content (AvgIpc) is 3.03. The highest BCUT2D eigenvalue weighted by Crippen LogP contribution is 2.43. The molecule has 192 valence electrons. The highest BCUT2D eigenvalue weighted by molar-refractivity contribution is 6.39. The Kier molecular flexibility index (Phi) is 6.59. The molecule has 6 rings (SSSR count). The Balaban J connectivity index is 1.58. The van der Waals surface area contributed by atoms with Crippen LogP contribution < -0.4 is 0 Å². The molecule has 1 aliphatic carbocycles. The highest BCUT2D eigenvalue weighted by atomic mass is 16.3. The molecule has 0 unspecified atom stereocenters. The molecule has 2 aromatic heterocycles. The summed E-state index contributed by atoms with van der Waals surface area (Å²) in [5, 5.41) is 18.8. The molecule has 2 heterocycles. The van der Waals surface area contributed by atoms with Crippen molar-refractivity contribution in [1.82, 2.24) is 9.97 Å². The minimum Gasteiger partial charge on any atom is -0.392 e. The largest absolute Gasteiger partial charge is 0.392 e. The standard InChI is InChI=1S/C34H23N3O3/c1-35-31(25-5-3-2-4-6-25)30-28-15-26(23-11-7-21(19-38)8-12-23)17-36-32(28)33-29(34(30)40)16-27(18-37-33)24-13-9-22(20-39)10-14-24/h2-18,38-39H,19-20H2/b31-30-. The van der Waals surface area contributed by atoms with Crippen molar-refractivity contribution in [3.05, 3.63) is 143 Å². The van der Waals surface area contributed by atoms with Gasteiger partial charge in [0.1, 0.15) is 5.69 Å². The van der Waals surface area contributed by atoms with Crippen molar-refractivity contribution >= 4 is 17.1 Å². The molecule has 0 fully saturated rings.